The van der Waals surface area contributed by atoms with Gasteiger partial charge in [-0.25, -0.2) is 0 Å². The molecule has 0 bridgehead atoms. The molecule has 0 saturated carbocycles. The van der Waals surface area contributed by atoms with Crippen LogP contribution >= 0.6 is 0 Å². The summed E-state index contributed by atoms with van der Waals surface area (Å²) in [7, 11) is 0. The molecule has 2 aromatic carbocycles. The van der Waals surface area contributed by atoms with E-state index < -0.39 is 0 Å². The first-order valence-corrected chi connectivity index (χ1v) is 7.12. The second-order valence-corrected chi connectivity index (χ2v) is 4.98. The lowest BCUT2D eigenvalue weighted by Gasteiger charge is -2.12. The van der Waals surface area contributed by atoms with Gasteiger partial charge in [0.25, 0.3) is 0 Å². The van der Waals surface area contributed by atoms with Crippen LogP contribution in [0.15, 0.2) is 48.5 Å². The number of hydrogen-bond acceptors (Lipinski definition) is 3. The minimum absolute atomic E-state index is 0.0369. The number of aliphatic hydroxyl groups is 1. The second kappa shape index (κ2) is 7.60. The third kappa shape index (κ3) is 4.43. The van der Waals surface area contributed by atoms with E-state index in [0.29, 0.717) is 25.0 Å². The van der Waals surface area contributed by atoms with Gasteiger partial charge in [-0.15, -0.1) is 0 Å². The van der Waals surface area contributed by atoms with Crippen LogP contribution in [0.3, 0.4) is 0 Å². The molecule has 1 N–H and O–H groups in total. The Morgan fingerprint density at radius 2 is 1.90 bits per heavy atom. The Morgan fingerprint density at radius 1 is 1.14 bits per heavy atom. The molecule has 0 aliphatic rings. The molecule has 2 aromatic rings. The predicted molar refractivity (Wildman–Crippen MR) is 82.6 cm³/mol. The summed E-state index contributed by atoms with van der Waals surface area (Å²) in [5.41, 5.74) is 2.74. The topological polar surface area (TPSA) is 46.5 Å². The largest absolute Gasteiger partial charge is 0.489 e. The lowest BCUT2D eigenvalue weighted by Crippen LogP contribution is -2.02. The van der Waals surface area contributed by atoms with Crippen LogP contribution in [-0.2, 0) is 13.0 Å². The Kier molecular flexibility index (Phi) is 5.52. The Balaban J connectivity index is 2.14. The molecule has 0 aliphatic heterocycles. The van der Waals surface area contributed by atoms with Crippen LogP contribution in [0.1, 0.15) is 34.8 Å². The van der Waals surface area contributed by atoms with Crippen molar-refractivity contribution >= 4 is 5.78 Å². The number of rotatable bonds is 7. The summed E-state index contributed by atoms with van der Waals surface area (Å²) in [5, 5.41) is 9.00. The molecule has 0 fully saturated rings. The molecule has 110 valence electrons. The molecule has 0 saturated heterocycles. The lowest BCUT2D eigenvalue weighted by molar-refractivity contribution is 0.101. The quantitative estimate of drug-likeness (QED) is 0.793. The highest BCUT2D eigenvalue weighted by Crippen LogP contribution is 2.23. The fraction of sp³-hybridized carbons (Fsp3) is 0.278. The second-order valence-electron chi connectivity index (χ2n) is 4.98. The van der Waals surface area contributed by atoms with Crippen molar-refractivity contribution in [2.75, 3.05) is 6.61 Å². The highest BCUT2D eigenvalue weighted by atomic mass is 16.5. The standard InChI is InChI=1S/C18H20O3/c1-14(20)16-9-10-18(17(12-16)8-5-11-19)21-13-15-6-3-2-4-7-15/h2-4,6-7,9-10,12,19H,5,8,11,13H2,1H3. The van der Waals surface area contributed by atoms with E-state index in [1.54, 1.807) is 13.0 Å². The van der Waals surface area contributed by atoms with Gasteiger partial charge >= 0.3 is 0 Å². The van der Waals surface area contributed by atoms with Crippen LogP contribution in [-0.4, -0.2) is 17.5 Å². The van der Waals surface area contributed by atoms with Crippen LogP contribution in [0, 0.1) is 0 Å². The number of benzene rings is 2. The Labute approximate surface area is 125 Å². The average Bonchev–Trinajstić information content (AvgIpc) is 2.52. The van der Waals surface area contributed by atoms with E-state index in [2.05, 4.69) is 0 Å². The zero-order valence-corrected chi connectivity index (χ0v) is 12.2. The molecular weight excluding hydrogens is 264 g/mol. The zero-order valence-electron chi connectivity index (χ0n) is 12.2. The number of hydrogen-bond donors (Lipinski definition) is 1. The van der Waals surface area contributed by atoms with E-state index in [-0.39, 0.29) is 12.4 Å². The van der Waals surface area contributed by atoms with Crippen LogP contribution in [0.25, 0.3) is 0 Å². The maximum atomic E-state index is 11.5. The maximum absolute atomic E-state index is 11.5. The summed E-state index contributed by atoms with van der Waals surface area (Å²) in [6, 6.07) is 15.4. The van der Waals surface area contributed by atoms with Crippen molar-refractivity contribution in [3.63, 3.8) is 0 Å². The number of carbonyl (C=O) groups excluding carboxylic acids is 1. The summed E-state index contributed by atoms with van der Waals surface area (Å²) in [6.45, 7) is 2.17. The van der Waals surface area contributed by atoms with Gasteiger partial charge in [0.15, 0.2) is 5.78 Å². The molecule has 0 amide bonds. The van der Waals surface area contributed by atoms with E-state index in [0.717, 1.165) is 16.9 Å². The zero-order chi connectivity index (χ0) is 15.1. The molecule has 21 heavy (non-hydrogen) atoms. The van der Waals surface area contributed by atoms with Gasteiger partial charge in [0, 0.05) is 12.2 Å². The van der Waals surface area contributed by atoms with Crippen LogP contribution in [0.4, 0.5) is 0 Å². The summed E-state index contributed by atoms with van der Waals surface area (Å²) >= 11 is 0. The van der Waals surface area contributed by atoms with E-state index in [4.69, 9.17) is 9.84 Å². The lowest BCUT2D eigenvalue weighted by atomic mass is 10.0. The summed E-state index contributed by atoms with van der Waals surface area (Å²) in [6.07, 6.45) is 1.35. The number of ether oxygens (including phenoxy) is 1. The molecule has 3 nitrogen and oxygen atoms in total. The van der Waals surface area contributed by atoms with E-state index in [1.807, 2.05) is 42.5 Å². The molecule has 3 heteroatoms. The Hall–Kier alpha value is -2.13. The SMILES string of the molecule is CC(=O)c1ccc(OCc2ccccc2)c(CCCO)c1. The molecule has 0 spiro atoms. The van der Waals surface area contributed by atoms with E-state index >= 15 is 0 Å². The van der Waals surface area contributed by atoms with Crippen molar-refractivity contribution < 1.29 is 14.6 Å². The number of Topliss-reactive ketones (excluding diaryl/α,β-unsaturated/α-hetero) is 1. The Morgan fingerprint density at radius 3 is 2.57 bits per heavy atom. The first kappa shape index (κ1) is 15.3. The number of aryl methyl sites for hydroxylation is 1. The van der Waals surface area contributed by atoms with Gasteiger partial charge in [-0.3, -0.25) is 4.79 Å². The number of aliphatic hydroxyl groups excluding tert-OH is 1. The molecule has 0 aromatic heterocycles. The maximum Gasteiger partial charge on any atom is 0.159 e. The molecular formula is C18H20O3. The van der Waals surface area contributed by atoms with Crippen molar-refractivity contribution in [3.8, 4) is 5.75 Å². The highest BCUT2D eigenvalue weighted by molar-refractivity contribution is 5.94. The minimum atomic E-state index is 0.0369. The third-order valence-electron chi connectivity index (χ3n) is 3.31. The van der Waals surface area contributed by atoms with Crippen LogP contribution < -0.4 is 4.74 Å². The molecule has 0 aliphatic carbocycles. The first-order valence-electron chi connectivity index (χ1n) is 7.12. The molecule has 0 radical (unpaired) electrons. The van der Waals surface area contributed by atoms with Gasteiger partial charge in [-0.2, -0.15) is 0 Å². The van der Waals surface area contributed by atoms with Crippen molar-refractivity contribution in [1.82, 2.24) is 0 Å². The highest BCUT2D eigenvalue weighted by Gasteiger charge is 2.08. The first-order chi connectivity index (χ1) is 10.2. The van der Waals surface area contributed by atoms with Crippen molar-refractivity contribution in [3.05, 3.63) is 65.2 Å². The summed E-state index contributed by atoms with van der Waals surface area (Å²) < 4.78 is 5.86. The smallest absolute Gasteiger partial charge is 0.159 e. The van der Waals surface area contributed by atoms with Gasteiger partial charge in [0.2, 0.25) is 0 Å². The van der Waals surface area contributed by atoms with Gasteiger partial charge in [-0.1, -0.05) is 30.3 Å². The number of ketones is 1. The van der Waals surface area contributed by atoms with Crippen molar-refractivity contribution in [1.29, 1.82) is 0 Å². The van der Waals surface area contributed by atoms with Gasteiger partial charge in [0.05, 0.1) is 0 Å². The van der Waals surface area contributed by atoms with E-state index in [1.165, 1.54) is 0 Å². The molecule has 0 atom stereocenters. The van der Waals surface area contributed by atoms with Crippen molar-refractivity contribution in [2.45, 2.75) is 26.4 Å². The van der Waals surface area contributed by atoms with Gasteiger partial charge in [-0.05, 0) is 49.1 Å². The predicted octanol–water partition coefficient (Wildman–Crippen LogP) is 3.39. The molecule has 2 rings (SSSR count). The van der Waals surface area contributed by atoms with Gasteiger partial charge < -0.3 is 9.84 Å². The average molecular weight is 284 g/mol. The minimum Gasteiger partial charge on any atom is -0.489 e. The monoisotopic (exact) mass is 284 g/mol. The van der Waals surface area contributed by atoms with Gasteiger partial charge in [0.1, 0.15) is 12.4 Å². The third-order valence-corrected chi connectivity index (χ3v) is 3.31. The number of carbonyl (C=O) groups is 1. The normalized spacial score (nSPS) is 10.4. The van der Waals surface area contributed by atoms with E-state index in [9.17, 15) is 4.79 Å². The van der Waals surface area contributed by atoms with Crippen LogP contribution in [0.5, 0.6) is 5.75 Å². The van der Waals surface area contributed by atoms with Crippen LogP contribution in [0.2, 0.25) is 0 Å². The molecule has 0 unspecified atom stereocenters. The fourth-order valence-electron chi connectivity index (χ4n) is 2.14. The fourth-order valence-corrected chi connectivity index (χ4v) is 2.14. The molecule has 0 heterocycles. The summed E-state index contributed by atoms with van der Waals surface area (Å²) in [5.74, 6) is 0.812. The van der Waals surface area contributed by atoms with Crippen molar-refractivity contribution in [2.24, 2.45) is 0 Å². The summed E-state index contributed by atoms with van der Waals surface area (Å²) in [4.78, 5) is 11.5. The Bertz CT molecular complexity index is 591.